The van der Waals surface area contributed by atoms with Gasteiger partial charge in [0.05, 0.1) is 17.3 Å². The summed E-state index contributed by atoms with van der Waals surface area (Å²) in [5.41, 5.74) is 1.76. The second-order valence-corrected chi connectivity index (χ2v) is 9.86. The number of aromatic nitrogens is 1. The Morgan fingerprint density at radius 2 is 1.90 bits per heavy atom. The molecule has 2 heterocycles. The maximum Gasteiger partial charge on any atom is 0.248 e. The van der Waals surface area contributed by atoms with Gasteiger partial charge in [0.2, 0.25) is 21.8 Å². The molecule has 1 aliphatic rings. The standard InChI is InChI=1S/C20H25ClN4O5S/c1-12-4-5-17(16(21)10-12)23-18(26)11-22-20(27)15-6-8-25(9-7-15)31(28,29)19-13(2)24-30-14(19)3/h4-5,10,15H,6-9,11H2,1-3H3,(H,22,27)(H,23,26). The summed E-state index contributed by atoms with van der Waals surface area (Å²) in [6.45, 7) is 5.24. The highest BCUT2D eigenvalue weighted by atomic mass is 35.5. The molecule has 0 radical (unpaired) electrons. The number of sulfonamides is 1. The maximum atomic E-state index is 12.9. The van der Waals surface area contributed by atoms with Crippen LogP contribution in [-0.2, 0) is 19.6 Å². The van der Waals surface area contributed by atoms with E-state index in [0.717, 1.165) is 5.56 Å². The molecule has 3 rings (SSSR count). The van der Waals surface area contributed by atoms with Gasteiger partial charge in [0, 0.05) is 19.0 Å². The van der Waals surface area contributed by atoms with Gasteiger partial charge in [-0.3, -0.25) is 9.59 Å². The summed E-state index contributed by atoms with van der Waals surface area (Å²) in [6, 6.07) is 5.26. The molecule has 9 nitrogen and oxygen atoms in total. The van der Waals surface area contributed by atoms with E-state index in [1.54, 1.807) is 26.0 Å². The van der Waals surface area contributed by atoms with Crippen molar-refractivity contribution in [2.75, 3.05) is 25.0 Å². The SMILES string of the molecule is Cc1ccc(NC(=O)CNC(=O)C2CCN(S(=O)(=O)c3c(C)noc3C)CC2)c(Cl)c1. The van der Waals surface area contributed by atoms with Crippen molar-refractivity contribution in [2.24, 2.45) is 5.92 Å². The van der Waals surface area contributed by atoms with Gasteiger partial charge >= 0.3 is 0 Å². The molecule has 1 saturated heterocycles. The summed E-state index contributed by atoms with van der Waals surface area (Å²) in [4.78, 5) is 24.7. The number of piperidine rings is 1. The zero-order valence-corrected chi connectivity index (χ0v) is 19.1. The second-order valence-electron chi connectivity index (χ2n) is 7.58. The molecule has 0 saturated carbocycles. The largest absolute Gasteiger partial charge is 0.360 e. The molecular weight excluding hydrogens is 444 g/mol. The number of hydrogen-bond donors (Lipinski definition) is 2. The Morgan fingerprint density at radius 3 is 2.48 bits per heavy atom. The quantitative estimate of drug-likeness (QED) is 0.671. The first-order chi connectivity index (χ1) is 14.6. The van der Waals surface area contributed by atoms with Gasteiger partial charge in [-0.1, -0.05) is 22.8 Å². The van der Waals surface area contributed by atoms with Gasteiger partial charge < -0.3 is 15.2 Å². The first kappa shape index (κ1) is 23.2. The molecule has 1 aromatic heterocycles. The molecule has 1 fully saturated rings. The van der Waals surface area contributed by atoms with Crippen molar-refractivity contribution in [3.63, 3.8) is 0 Å². The first-order valence-electron chi connectivity index (χ1n) is 9.86. The number of aryl methyl sites for hydroxylation is 3. The van der Waals surface area contributed by atoms with Crippen LogP contribution < -0.4 is 10.6 Å². The van der Waals surface area contributed by atoms with Crippen molar-refractivity contribution >= 4 is 39.1 Å². The van der Waals surface area contributed by atoms with Crippen LogP contribution in [0.5, 0.6) is 0 Å². The third-order valence-electron chi connectivity index (χ3n) is 5.21. The zero-order chi connectivity index (χ0) is 22.8. The number of halogens is 1. The van der Waals surface area contributed by atoms with E-state index < -0.39 is 15.9 Å². The van der Waals surface area contributed by atoms with E-state index in [4.69, 9.17) is 16.1 Å². The number of amides is 2. The predicted molar refractivity (Wildman–Crippen MR) is 115 cm³/mol. The lowest BCUT2D eigenvalue weighted by Crippen LogP contribution is -2.44. The molecule has 0 spiro atoms. The van der Waals surface area contributed by atoms with Crippen molar-refractivity contribution < 1.29 is 22.5 Å². The monoisotopic (exact) mass is 468 g/mol. The Kier molecular flexibility index (Phi) is 7.03. The number of nitrogens with zero attached hydrogens (tertiary/aromatic N) is 2. The maximum absolute atomic E-state index is 12.9. The van der Waals surface area contributed by atoms with Crippen LogP contribution in [0.1, 0.15) is 29.9 Å². The lowest BCUT2D eigenvalue weighted by Gasteiger charge is -2.30. The Morgan fingerprint density at radius 1 is 1.23 bits per heavy atom. The fourth-order valence-corrected chi connectivity index (χ4v) is 5.60. The summed E-state index contributed by atoms with van der Waals surface area (Å²) in [7, 11) is -3.73. The summed E-state index contributed by atoms with van der Waals surface area (Å²) >= 11 is 6.10. The van der Waals surface area contributed by atoms with Crippen LogP contribution in [-0.4, -0.2) is 49.3 Å². The number of carbonyl (C=O) groups excluding carboxylic acids is 2. The Labute approximate surface area is 186 Å². The second kappa shape index (κ2) is 9.37. The van der Waals surface area contributed by atoms with E-state index in [-0.39, 0.29) is 42.1 Å². The molecule has 2 amide bonds. The van der Waals surface area contributed by atoms with Crippen LogP contribution >= 0.6 is 11.6 Å². The topological polar surface area (TPSA) is 122 Å². The van der Waals surface area contributed by atoms with Crippen molar-refractivity contribution in [3.05, 3.63) is 40.2 Å². The lowest BCUT2D eigenvalue weighted by molar-refractivity contribution is -0.128. The Hall–Kier alpha value is -2.43. The van der Waals surface area contributed by atoms with E-state index in [0.29, 0.717) is 29.2 Å². The van der Waals surface area contributed by atoms with Gasteiger partial charge in [0.15, 0.2) is 5.76 Å². The summed E-state index contributed by atoms with van der Waals surface area (Å²) in [6.07, 6.45) is 0.722. The number of anilines is 1. The molecule has 11 heteroatoms. The van der Waals surface area contributed by atoms with Crippen molar-refractivity contribution in [1.82, 2.24) is 14.8 Å². The number of benzene rings is 1. The number of rotatable bonds is 6. The molecule has 2 aromatic rings. The van der Waals surface area contributed by atoms with Crippen LogP contribution in [0.15, 0.2) is 27.6 Å². The fraction of sp³-hybridized carbons (Fsp3) is 0.450. The minimum Gasteiger partial charge on any atom is -0.360 e. The van der Waals surface area contributed by atoms with Crippen LogP contribution in [0.25, 0.3) is 0 Å². The summed E-state index contributed by atoms with van der Waals surface area (Å²) in [5, 5.41) is 9.41. The fourth-order valence-electron chi connectivity index (χ4n) is 3.56. The van der Waals surface area contributed by atoms with Crippen LogP contribution in [0.3, 0.4) is 0 Å². The van der Waals surface area contributed by atoms with E-state index in [1.165, 1.54) is 4.31 Å². The van der Waals surface area contributed by atoms with Crippen molar-refractivity contribution in [1.29, 1.82) is 0 Å². The van der Waals surface area contributed by atoms with Crippen LogP contribution in [0, 0.1) is 26.7 Å². The minimum atomic E-state index is -3.73. The molecular formula is C20H25ClN4O5S. The van der Waals surface area contributed by atoms with Gasteiger partial charge in [-0.2, -0.15) is 4.31 Å². The van der Waals surface area contributed by atoms with E-state index in [9.17, 15) is 18.0 Å². The normalized spacial score (nSPS) is 15.6. The van der Waals surface area contributed by atoms with Gasteiger partial charge in [-0.05, 0) is 51.3 Å². The Bertz CT molecular complexity index is 1070. The van der Waals surface area contributed by atoms with Gasteiger partial charge in [0.1, 0.15) is 10.6 Å². The predicted octanol–water partition coefficient (Wildman–Crippen LogP) is 2.41. The van der Waals surface area contributed by atoms with E-state index in [2.05, 4.69) is 15.8 Å². The molecule has 1 aromatic carbocycles. The lowest BCUT2D eigenvalue weighted by atomic mass is 9.97. The highest BCUT2D eigenvalue weighted by Crippen LogP contribution is 2.27. The highest BCUT2D eigenvalue weighted by Gasteiger charge is 2.35. The number of hydrogen-bond acceptors (Lipinski definition) is 6. The van der Waals surface area contributed by atoms with Crippen molar-refractivity contribution in [2.45, 2.75) is 38.5 Å². The number of nitrogens with one attached hydrogen (secondary N) is 2. The third-order valence-corrected chi connectivity index (χ3v) is 7.67. The average Bonchev–Trinajstić information content (AvgIpc) is 3.07. The average molecular weight is 469 g/mol. The Balaban J connectivity index is 1.50. The van der Waals surface area contributed by atoms with Gasteiger partial charge in [-0.15, -0.1) is 0 Å². The molecule has 0 bridgehead atoms. The van der Waals surface area contributed by atoms with Crippen LogP contribution in [0.2, 0.25) is 5.02 Å². The molecule has 2 N–H and O–H groups in total. The third kappa shape index (κ3) is 5.25. The van der Waals surface area contributed by atoms with Crippen molar-refractivity contribution in [3.8, 4) is 0 Å². The van der Waals surface area contributed by atoms with E-state index in [1.807, 2.05) is 13.0 Å². The molecule has 1 aliphatic heterocycles. The molecule has 31 heavy (non-hydrogen) atoms. The summed E-state index contributed by atoms with van der Waals surface area (Å²) in [5.74, 6) is -0.791. The van der Waals surface area contributed by atoms with Gasteiger partial charge in [0.25, 0.3) is 0 Å². The molecule has 0 atom stereocenters. The van der Waals surface area contributed by atoms with Crippen LogP contribution in [0.4, 0.5) is 5.69 Å². The number of carbonyl (C=O) groups is 2. The van der Waals surface area contributed by atoms with Gasteiger partial charge in [-0.25, -0.2) is 8.42 Å². The molecule has 0 aliphatic carbocycles. The van der Waals surface area contributed by atoms with E-state index >= 15 is 0 Å². The highest BCUT2D eigenvalue weighted by molar-refractivity contribution is 7.89. The molecule has 168 valence electrons. The summed E-state index contributed by atoms with van der Waals surface area (Å²) < 4.78 is 32.0. The molecule has 0 unspecified atom stereocenters. The zero-order valence-electron chi connectivity index (χ0n) is 17.6. The minimum absolute atomic E-state index is 0.0850. The first-order valence-corrected chi connectivity index (χ1v) is 11.7. The smallest absolute Gasteiger partial charge is 0.248 e.